The van der Waals surface area contributed by atoms with Crippen molar-refractivity contribution in [3.8, 4) is 0 Å². The molecule has 0 aliphatic heterocycles. The summed E-state index contributed by atoms with van der Waals surface area (Å²) < 4.78 is 4.36. The predicted molar refractivity (Wildman–Crippen MR) is 105 cm³/mol. The molecule has 1 atom stereocenters. The minimum absolute atomic E-state index is 0.0523. The molecule has 9 heteroatoms. The minimum atomic E-state index is -0.871. The van der Waals surface area contributed by atoms with Crippen molar-refractivity contribution in [1.29, 1.82) is 0 Å². The van der Waals surface area contributed by atoms with Crippen LogP contribution in [-0.4, -0.2) is 34.7 Å². The number of esters is 1. The van der Waals surface area contributed by atoms with Crippen molar-refractivity contribution < 1.29 is 19.2 Å². The monoisotopic (exact) mass is 422 g/mol. The molecule has 0 aromatic heterocycles. The second-order valence-electron chi connectivity index (χ2n) is 6.37. The Morgan fingerprint density at radius 1 is 1.25 bits per heavy atom. The van der Waals surface area contributed by atoms with Crippen molar-refractivity contribution in [2.75, 3.05) is 19.0 Å². The average Bonchev–Trinajstić information content (AvgIpc) is 3.31. The topological polar surface area (TPSA) is 98.5 Å². The summed E-state index contributed by atoms with van der Waals surface area (Å²) >= 11 is 11.8. The molecule has 1 aliphatic carbocycles. The second-order valence-corrected chi connectivity index (χ2v) is 7.92. The third kappa shape index (κ3) is 4.10. The number of nitro benzene ring substituents is 1. The molecule has 0 amide bonds. The Balaban J connectivity index is 1.86. The Hall–Kier alpha value is -2.64. The van der Waals surface area contributed by atoms with Crippen LogP contribution in [0.3, 0.4) is 0 Å². The lowest BCUT2D eigenvalue weighted by molar-refractivity contribution is -0.384. The van der Waals surface area contributed by atoms with E-state index in [-0.39, 0.29) is 40.6 Å². The molecule has 146 valence electrons. The van der Waals surface area contributed by atoms with Gasteiger partial charge in [-0.05, 0) is 24.6 Å². The molecular formula is C19H16Cl2N2O5. The highest BCUT2D eigenvalue weighted by Crippen LogP contribution is 2.53. The van der Waals surface area contributed by atoms with Gasteiger partial charge in [0.2, 0.25) is 0 Å². The first kappa shape index (κ1) is 20.1. The SMILES string of the molecule is CNc1ccc(C(=O)c2ccccc2C(=O)OCC2CC2(Cl)Cl)cc1[N+](=O)[O-]. The number of carbonyl (C=O) groups excluding carboxylic acids is 2. The first-order valence-corrected chi connectivity index (χ1v) is 9.15. The molecule has 2 aromatic carbocycles. The van der Waals surface area contributed by atoms with Crippen molar-refractivity contribution in [2.24, 2.45) is 5.92 Å². The zero-order valence-corrected chi connectivity index (χ0v) is 16.3. The summed E-state index contributed by atoms with van der Waals surface area (Å²) in [6.45, 7) is 0.0523. The number of halogens is 2. The number of nitrogens with one attached hydrogen (secondary N) is 1. The number of alkyl halides is 2. The highest BCUT2D eigenvalue weighted by Gasteiger charge is 2.52. The quantitative estimate of drug-likeness (QED) is 0.235. The van der Waals surface area contributed by atoms with Crippen molar-refractivity contribution in [3.63, 3.8) is 0 Å². The van der Waals surface area contributed by atoms with Crippen LogP contribution in [0.25, 0.3) is 0 Å². The molecule has 28 heavy (non-hydrogen) atoms. The number of rotatable bonds is 7. The maximum absolute atomic E-state index is 12.9. The smallest absolute Gasteiger partial charge is 0.338 e. The van der Waals surface area contributed by atoms with E-state index in [2.05, 4.69) is 5.32 Å². The van der Waals surface area contributed by atoms with Crippen molar-refractivity contribution in [2.45, 2.75) is 10.8 Å². The largest absolute Gasteiger partial charge is 0.462 e. The van der Waals surface area contributed by atoms with Gasteiger partial charge in [0.1, 0.15) is 10.0 Å². The Morgan fingerprint density at radius 2 is 1.89 bits per heavy atom. The van der Waals surface area contributed by atoms with Crippen LogP contribution in [0.5, 0.6) is 0 Å². The fraction of sp³-hybridized carbons (Fsp3) is 0.263. The van der Waals surface area contributed by atoms with E-state index in [1.165, 1.54) is 30.3 Å². The van der Waals surface area contributed by atoms with Crippen LogP contribution in [-0.2, 0) is 4.74 Å². The Kier molecular flexibility index (Phi) is 5.58. The van der Waals surface area contributed by atoms with Gasteiger partial charge in [-0.2, -0.15) is 0 Å². The number of benzene rings is 2. The molecule has 1 fully saturated rings. The zero-order valence-electron chi connectivity index (χ0n) is 14.8. The molecule has 0 bridgehead atoms. The number of nitrogens with zero attached hydrogens (tertiary/aromatic N) is 1. The highest BCUT2D eigenvalue weighted by atomic mass is 35.5. The van der Waals surface area contributed by atoms with Gasteiger partial charge in [-0.3, -0.25) is 14.9 Å². The second kappa shape index (κ2) is 7.77. The molecule has 0 radical (unpaired) electrons. The normalized spacial score (nSPS) is 16.9. The molecule has 7 nitrogen and oxygen atoms in total. The van der Waals surface area contributed by atoms with Gasteiger partial charge in [0.05, 0.1) is 17.1 Å². The van der Waals surface area contributed by atoms with Crippen molar-refractivity contribution >= 4 is 46.3 Å². The molecule has 0 spiro atoms. The summed E-state index contributed by atoms with van der Waals surface area (Å²) in [5.74, 6) is -1.34. The maximum Gasteiger partial charge on any atom is 0.338 e. The van der Waals surface area contributed by atoms with Gasteiger partial charge in [0.25, 0.3) is 5.69 Å². The zero-order chi connectivity index (χ0) is 20.5. The van der Waals surface area contributed by atoms with Gasteiger partial charge >= 0.3 is 5.97 Å². The Labute approximate surface area is 170 Å². The van der Waals surface area contributed by atoms with Crippen LogP contribution in [0.4, 0.5) is 11.4 Å². The number of carbonyl (C=O) groups is 2. The minimum Gasteiger partial charge on any atom is -0.462 e. The number of nitro groups is 1. The van der Waals surface area contributed by atoms with E-state index in [0.29, 0.717) is 6.42 Å². The summed E-state index contributed by atoms with van der Waals surface area (Å²) in [4.78, 5) is 36.0. The van der Waals surface area contributed by atoms with Crippen LogP contribution in [0, 0.1) is 16.0 Å². The average molecular weight is 423 g/mol. The first-order valence-electron chi connectivity index (χ1n) is 8.39. The summed E-state index contributed by atoms with van der Waals surface area (Å²) in [5, 5.41) is 13.9. The fourth-order valence-electron chi connectivity index (χ4n) is 2.75. The van der Waals surface area contributed by atoms with Crippen molar-refractivity contribution in [1.82, 2.24) is 0 Å². The third-order valence-electron chi connectivity index (χ3n) is 4.49. The van der Waals surface area contributed by atoms with E-state index in [0.717, 1.165) is 0 Å². The summed E-state index contributed by atoms with van der Waals surface area (Å²) in [7, 11) is 1.55. The number of ether oxygens (including phenoxy) is 1. The molecule has 0 saturated heterocycles. The molecular weight excluding hydrogens is 407 g/mol. The van der Waals surface area contributed by atoms with Gasteiger partial charge in [-0.25, -0.2) is 4.79 Å². The molecule has 1 aliphatic rings. The van der Waals surface area contributed by atoms with Gasteiger partial charge in [-0.15, -0.1) is 23.2 Å². The van der Waals surface area contributed by atoms with E-state index >= 15 is 0 Å². The highest BCUT2D eigenvalue weighted by molar-refractivity contribution is 6.50. The first-order chi connectivity index (χ1) is 13.2. The van der Waals surface area contributed by atoms with Gasteiger partial charge < -0.3 is 10.1 Å². The predicted octanol–water partition coefficient (Wildman–Crippen LogP) is 4.22. The van der Waals surface area contributed by atoms with Gasteiger partial charge in [0, 0.05) is 30.2 Å². The molecule has 3 rings (SSSR count). The Bertz CT molecular complexity index is 961. The van der Waals surface area contributed by atoms with Crippen LogP contribution >= 0.6 is 23.2 Å². The van der Waals surface area contributed by atoms with E-state index in [1.54, 1.807) is 19.2 Å². The van der Waals surface area contributed by atoms with Crippen LogP contribution in [0.2, 0.25) is 0 Å². The Morgan fingerprint density at radius 3 is 2.46 bits per heavy atom. The van der Waals surface area contributed by atoms with E-state index < -0.39 is 21.0 Å². The maximum atomic E-state index is 12.9. The summed E-state index contributed by atoms with van der Waals surface area (Å²) in [6, 6.07) is 10.2. The number of ketones is 1. The van der Waals surface area contributed by atoms with Gasteiger partial charge in [-0.1, -0.05) is 18.2 Å². The fourth-order valence-corrected chi connectivity index (χ4v) is 3.25. The molecule has 1 N–H and O–H groups in total. The van der Waals surface area contributed by atoms with Crippen LogP contribution < -0.4 is 5.32 Å². The molecule has 0 heterocycles. The van der Waals surface area contributed by atoms with E-state index in [9.17, 15) is 19.7 Å². The van der Waals surface area contributed by atoms with Crippen LogP contribution in [0.15, 0.2) is 42.5 Å². The number of anilines is 1. The standard InChI is InChI=1S/C19H16Cl2N2O5/c1-22-15-7-6-11(8-16(15)23(26)27)17(24)13-4-2-3-5-14(13)18(25)28-10-12-9-19(12,20)21/h2-8,12,22H,9-10H2,1H3. The summed E-state index contributed by atoms with van der Waals surface area (Å²) in [5.41, 5.74) is 0.307. The molecule has 2 aromatic rings. The number of hydrogen-bond donors (Lipinski definition) is 1. The molecule has 1 saturated carbocycles. The lowest BCUT2D eigenvalue weighted by atomic mass is 9.97. The molecule has 1 unspecified atom stereocenters. The lowest BCUT2D eigenvalue weighted by Gasteiger charge is -2.10. The van der Waals surface area contributed by atoms with E-state index in [4.69, 9.17) is 27.9 Å². The third-order valence-corrected chi connectivity index (χ3v) is 5.41. The van der Waals surface area contributed by atoms with Gasteiger partial charge in [0.15, 0.2) is 5.78 Å². The summed E-state index contributed by atoms with van der Waals surface area (Å²) in [6.07, 6.45) is 0.533. The van der Waals surface area contributed by atoms with E-state index in [1.807, 2.05) is 0 Å². The lowest BCUT2D eigenvalue weighted by Crippen LogP contribution is -2.15. The number of hydrogen-bond acceptors (Lipinski definition) is 6. The van der Waals surface area contributed by atoms with Crippen molar-refractivity contribution in [3.05, 3.63) is 69.3 Å². The van der Waals surface area contributed by atoms with Crippen LogP contribution in [0.1, 0.15) is 32.7 Å².